The van der Waals surface area contributed by atoms with Gasteiger partial charge in [0.05, 0.1) is 0 Å². The minimum atomic E-state index is -0.183. The number of benzene rings is 1. The number of rotatable bonds is 3. The molecule has 18 heavy (non-hydrogen) atoms. The van der Waals surface area contributed by atoms with Crippen molar-refractivity contribution in [1.82, 2.24) is 4.90 Å². The molecule has 1 saturated heterocycles. The van der Waals surface area contributed by atoms with Crippen molar-refractivity contribution in [2.75, 3.05) is 12.4 Å². The first-order chi connectivity index (χ1) is 8.70. The van der Waals surface area contributed by atoms with Crippen LogP contribution in [0.5, 0.6) is 0 Å². The summed E-state index contributed by atoms with van der Waals surface area (Å²) in [6.45, 7) is 1.59. The highest BCUT2D eigenvalue weighted by Gasteiger charge is 2.21. The maximum Gasteiger partial charge on any atom is 0.127 e. The zero-order valence-corrected chi connectivity index (χ0v) is 11.9. The highest BCUT2D eigenvalue weighted by Crippen LogP contribution is 2.22. The number of halogens is 3. The molecule has 0 amide bonds. The van der Waals surface area contributed by atoms with Crippen LogP contribution < -0.4 is 0 Å². The van der Waals surface area contributed by atoms with Gasteiger partial charge in [-0.2, -0.15) is 0 Å². The van der Waals surface area contributed by atoms with E-state index in [-0.39, 0.29) is 5.82 Å². The molecule has 0 radical (unpaired) electrons. The SMILES string of the molecule is Fc1ccc(Cl)cc1CN1CCCCCC1CCl. The maximum atomic E-state index is 13.7. The van der Waals surface area contributed by atoms with Gasteiger partial charge in [-0.15, -0.1) is 11.6 Å². The largest absolute Gasteiger partial charge is 0.295 e. The first-order valence-corrected chi connectivity index (χ1v) is 7.36. The van der Waals surface area contributed by atoms with Crippen molar-refractivity contribution >= 4 is 23.2 Å². The van der Waals surface area contributed by atoms with Gasteiger partial charge in [-0.05, 0) is 37.6 Å². The van der Waals surface area contributed by atoms with Gasteiger partial charge >= 0.3 is 0 Å². The molecule has 0 aromatic heterocycles. The van der Waals surface area contributed by atoms with E-state index in [2.05, 4.69) is 4.90 Å². The topological polar surface area (TPSA) is 3.24 Å². The first kappa shape index (κ1) is 14.1. The molecule has 1 heterocycles. The average molecular weight is 290 g/mol. The Morgan fingerprint density at radius 3 is 2.89 bits per heavy atom. The molecule has 0 N–H and O–H groups in total. The molecular weight excluding hydrogens is 272 g/mol. The van der Waals surface area contributed by atoms with Crippen LogP contribution in [0, 0.1) is 5.82 Å². The van der Waals surface area contributed by atoms with Crippen molar-refractivity contribution in [1.29, 1.82) is 0 Å². The summed E-state index contributed by atoms with van der Waals surface area (Å²) < 4.78 is 13.7. The lowest BCUT2D eigenvalue weighted by molar-refractivity contribution is 0.205. The van der Waals surface area contributed by atoms with Gasteiger partial charge in [0.2, 0.25) is 0 Å². The first-order valence-electron chi connectivity index (χ1n) is 6.44. The highest BCUT2D eigenvalue weighted by molar-refractivity contribution is 6.30. The smallest absolute Gasteiger partial charge is 0.127 e. The molecule has 4 heteroatoms. The minimum Gasteiger partial charge on any atom is -0.295 e. The third-order valence-corrected chi connectivity index (χ3v) is 4.15. The molecule has 1 aromatic rings. The molecule has 2 rings (SSSR count). The van der Waals surface area contributed by atoms with Crippen LogP contribution in [0.1, 0.15) is 31.2 Å². The van der Waals surface area contributed by atoms with Crippen LogP contribution in [0.4, 0.5) is 4.39 Å². The van der Waals surface area contributed by atoms with E-state index in [1.807, 2.05) is 0 Å². The maximum absolute atomic E-state index is 13.7. The molecule has 1 fully saturated rings. The van der Waals surface area contributed by atoms with Crippen molar-refractivity contribution in [3.05, 3.63) is 34.6 Å². The van der Waals surface area contributed by atoms with E-state index < -0.39 is 0 Å². The van der Waals surface area contributed by atoms with Crippen LogP contribution in [0.15, 0.2) is 18.2 Å². The summed E-state index contributed by atoms with van der Waals surface area (Å²) >= 11 is 11.9. The van der Waals surface area contributed by atoms with Gasteiger partial charge in [-0.25, -0.2) is 4.39 Å². The fourth-order valence-electron chi connectivity index (χ4n) is 2.50. The Kier molecular flexibility index (Phi) is 5.28. The third kappa shape index (κ3) is 3.59. The van der Waals surface area contributed by atoms with Crippen molar-refractivity contribution in [2.45, 2.75) is 38.3 Å². The Hall–Kier alpha value is -0.310. The van der Waals surface area contributed by atoms with E-state index in [4.69, 9.17) is 23.2 Å². The summed E-state index contributed by atoms with van der Waals surface area (Å²) in [5, 5.41) is 0.587. The second kappa shape index (κ2) is 6.74. The van der Waals surface area contributed by atoms with E-state index in [1.54, 1.807) is 12.1 Å². The van der Waals surface area contributed by atoms with E-state index in [0.29, 0.717) is 29.1 Å². The molecule has 100 valence electrons. The Bertz CT molecular complexity index is 397. The summed E-state index contributed by atoms with van der Waals surface area (Å²) in [6.07, 6.45) is 4.72. The molecule has 1 aliphatic rings. The van der Waals surface area contributed by atoms with E-state index >= 15 is 0 Å². The molecule has 0 aliphatic carbocycles. The molecule has 0 saturated carbocycles. The molecule has 1 atom stereocenters. The summed E-state index contributed by atoms with van der Waals surface area (Å²) in [4.78, 5) is 2.29. The average Bonchev–Trinajstić information content (AvgIpc) is 2.59. The normalized spacial score (nSPS) is 21.8. The molecule has 1 aliphatic heterocycles. The summed E-state index contributed by atoms with van der Waals surface area (Å²) in [7, 11) is 0. The fraction of sp³-hybridized carbons (Fsp3) is 0.571. The molecule has 1 aromatic carbocycles. The number of hydrogen-bond donors (Lipinski definition) is 0. The van der Waals surface area contributed by atoms with Gasteiger partial charge < -0.3 is 0 Å². The lowest BCUT2D eigenvalue weighted by Crippen LogP contribution is -2.35. The van der Waals surface area contributed by atoms with Crippen LogP contribution in [0.3, 0.4) is 0 Å². The van der Waals surface area contributed by atoms with Gasteiger partial charge in [0.1, 0.15) is 5.82 Å². The number of hydrogen-bond acceptors (Lipinski definition) is 1. The Morgan fingerprint density at radius 1 is 1.28 bits per heavy atom. The van der Waals surface area contributed by atoms with Crippen LogP contribution in [0.2, 0.25) is 5.02 Å². The van der Waals surface area contributed by atoms with Crippen LogP contribution >= 0.6 is 23.2 Å². The zero-order chi connectivity index (χ0) is 13.0. The molecule has 1 nitrogen and oxygen atoms in total. The summed E-state index contributed by atoms with van der Waals surface area (Å²) in [6, 6.07) is 5.09. The van der Waals surface area contributed by atoms with E-state index in [9.17, 15) is 4.39 Å². The zero-order valence-electron chi connectivity index (χ0n) is 10.3. The van der Waals surface area contributed by atoms with E-state index in [1.165, 1.54) is 18.9 Å². The van der Waals surface area contributed by atoms with Crippen molar-refractivity contribution in [3.8, 4) is 0 Å². The van der Waals surface area contributed by atoms with Gasteiger partial charge in [0.25, 0.3) is 0 Å². The lowest BCUT2D eigenvalue weighted by Gasteiger charge is -2.28. The van der Waals surface area contributed by atoms with Crippen LogP contribution in [-0.2, 0) is 6.54 Å². The monoisotopic (exact) mass is 289 g/mol. The molecule has 0 spiro atoms. The number of alkyl halides is 1. The molecular formula is C14H18Cl2FN. The predicted octanol–water partition coefficient (Wildman–Crippen LogP) is 4.46. The Morgan fingerprint density at radius 2 is 2.11 bits per heavy atom. The Labute approximate surface area is 118 Å². The second-order valence-electron chi connectivity index (χ2n) is 4.86. The van der Waals surface area contributed by atoms with Crippen molar-refractivity contribution in [3.63, 3.8) is 0 Å². The third-order valence-electron chi connectivity index (χ3n) is 3.56. The number of likely N-dealkylation sites (tertiary alicyclic amines) is 1. The fourth-order valence-corrected chi connectivity index (χ4v) is 3.05. The quantitative estimate of drug-likeness (QED) is 0.743. The second-order valence-corrected chi connectivity index (χ2v) is 5.61. The van der Waals surface area contributed by atoms with Gasteiger partial charge in [-0.1, -0.05) is 24.4 Å². The number of nitrogens with zero attached hydrogens (tertiary/aromatic N) is 1. The van der Waals surface area contributed by atoms with E-state index in [0.717, 1.165) is 19.4 Å². The van der Waals surface area contributed by atoms with Crippen molar-refractivity contribution < 1.29 is 4.39 Å². The van der Waals surface area contributed by atoms with Gasteiger partial charge in [0, 0.05) is 29.1 Å². The summed E-state index contributed by atoms with van der Waals surface area (Å²) in [5.41, 5.74) is 0.666. The highest BCUT2D eigenvalue weighted by atomic mass is 35.5. The van der Waals surface area contributed by atoms with Crippen LogP contribution in [-0.4, -0.2) is 23.4 Å². The van der Waals surface area contributed by atoms with Crippen LogP contribution in [0.25, 0.3) is 0 Å². The van der Waals surface area contributed by atoms with Crippen molar-refractivity contribution in [2.24, 2.45) is 0 Å². The van der Waals surface area contributed by atoms with Gasteiger partial charge in [-0.3, -0.25) is 4.90 Å². The predicted molar refractivity (Wildman–Crippen MR) is 74.8 cm³/mol. The standard InChI is InChI=1S/C14H18Cl2FN/c15-9-13-4-2-1-3-7-18(13)10-11-8-12(16)5-6-14(11)17/h5-6,8,13H,1-4,7,9-10H2. The van der Waals surface area contributed by atoms with Gasteiger partial charge in [0.15, 0.2) is 0 Å². The summed E-state index contributed by atoms with van der Waals surface area (Å²) in [5.74, 6) is 0.430. The minimum absolute atomic E-state index is 0.183. The lowest BCUT2D eigenvalue weighted by atomic mass is 10.1. The Balaban J connectivity index is 2.12. The molecule has 0 bridgehead atoms. The molecule has 1 unspecified atom stereocenters.